The van der Waals surface area contributed by atoms with E-state index in [4.69, 9.17) is 19.6 Å². The Kier molecular flexibility index (Phi) is 4.81. The number of nitrogens with zero attached hydrogens (tertiary/aromatic N) is 3. The first-order chi connectivity index (χ1) is 13.2. The van der Waals surface area contributed by atoms with Crippen molar-refractivity contribution in [1.82, 2.24) is 4.98 Å². The smallest absolute Gasteiger partial charge is 0.207 e. The van der Waals surface area contributed by atoms with Gasteiger partial charge in [0.1, 0.15) is 0 Å². The minimum Gasteiger partial charge on any atom is -0.493 e. The number of rotatable bonds is 5. The summed E-state index contributed by atoms with van der Waals surface area (Å²) >= 11 is 1.61. The van der Waals surface area contributed by atoms with E-state index in [1.807, 2.05) is 35.3 Å². The minimum absolute atomic E-state index is 0.0968. The molecule has 0 N–H and O–H groups in total. The highest BCUT2D eigenvalue weighted by atomic mass is 32.1. The fourth-order valence-corrected chi connectivity index (χ4v) is 4.10. The van der Waals surface area contributed by atoms with Crippen LogP contribution in [0.3, 0.4) is 0 Å². The monoisotopic (exact) mass is 379 g/mol. The van der Waals surface area contributed by atoms with Gasteiger partial charge in [-0.05, 0) is 24.6 Å². The van der Waals surface area contributed by atoms with Gasteiger partial charge >= 0.3 is 0 Å². The average Bonchev–Trinajstić information content (AvgIpc) is 3.35. The number of thiazole rings is 1. The van der Waals surface area contributed by atoms with Crippen molar-refractivity contribution < 1.29 is 9.47 Å². The Morgan fingerprint density at radius 2 is 1.81 bits per heavy atom. The van der Waals surface area contributed by atoms with Gasteiger partial charge in [-0.2, -0.15) is 5.10 Å². The molecule has 5 nitrogen and oxygen atoms in total. The maximum Gasteiger partial charge on any atom is 0.207 e. The highest BCUT2D eigenvalue weighted by Crippen LogP contribution is 2.40. The van der Waals surface area contributed by atoms with Crippen LogP contribution in [0.1, 0.15) is 24.9 Å². The summed E-state index contributed by atoms with van der Waals surface area (Å²) in [6.45, 7) is 2.06. The number of hydrogen-bond donors (Lipinski definition) is 0. The molecule has 0 radical (unpaired) electrons. The predicted molar refractivity (Wildman–Crippen MR) is 110 cm³/mol. The molecule has 0 spiro atoms. The van der Waals surface area contributed by atoms with E-state index in [0.717, 1.165) is 45.6 Å². The van der Waals surface area contributed by atoms with Crippen LogP contribution in [-0.2, 0) is 0 Å². The third-order valence-corrected chi connectivity index (χ3v) is 5.44. The largest absolute Gasteiger partial charge is 0.493 e. The third-order valence-electron chi connectivity index (χ3n) is 4.61. The van der Waals surface area contributed by atoms with Crippen molar-refractivity contribution in [1.29, 1.82) is 0 Å². The average molecular weight is 379 g/mol. The first-order valence-electron chi connectivity index (χ1n) is 8.76. The molecule has 6 heteroatoms. The van der Waals surface area contributed by atoms with Crippen molar-refractivity contribution in [3.63, 3.8) is 0 Å². The van der Waals surface area contributed by atoms with Crippen molar-refractivity contribution in [3.05, 3.63) is 59.5 Å². The Hall–Kier alpha value is -2.86. The van der Waals surface area contributed by atoms with Crippen molar-refractivity contribution in [3.8, 4) is 22.8 Å². The van der Waals surface area contributed by atoms with Crippen LogP contribution in [0, 0.1) is 0 Å². The second-order valence-corrected chi connectivity index (χ2v) is 7.23. The Morgan fingerprint density at radius 3 is 2.56 bits per heavy atom. The van der Waals surface area contributed by atoms with Crippen LogP contribution < -0.4 is 14.5 Å². The Bertz CT molecular complexity index is 969. The van der Waals surface area contributed by atoms with Gasteiger partial charge in [0.2, 0.25) is 5.13 Å². The molecule has 2 heterocycles. The lowest BCUT2D eigenvalue weighted by Gasteiger charge is -2.22. The van der Waals surface area contributed by atoms with Crippen molar-refractivity contribution in [2.75, 3.05) is 19.2 Å². The van der Waals surface area contributed by atoms with Gasteiger partial charge in [-0.25, -0.2) is 9.99 Å². The molecule has 1 aromatic heterocycles. The quantitative estimate of drug-likeness (QED) is 0.615. The molecule has 2 aromatic carbocycles. The summed E-state index contributed by atoms with van der Waals surface area (Å²) in [6, 6.07) is 16.3. The van der Waals surface area contributed by atoms with Crippen molar-refractivity contribution in [2.24, 2.45) is 5.10 Å². The van der Waals surface area contributed by atoms with Gasteiger partial charge in [0.05, 0.1) is 26.0 Å². The first kappa shape index (κ1) is 17.5. The predicted octanol–water partition coefficient (Wildman–Crippen LogP) is 5.15. The summed E-state index contributed by atoms with van der Waals surface area (Å²) in [4.78, 5) is 4.83. The van der Waals surface area contributed by atoms with E-state index in [1.165, 1.54) is 0 Å². The van der Waals surface area contributed by atoms with Gasteiger partial charge in [0, 0.05) is 23.1 Å². The molecule has 1 atom stereocenters. The highest BCUT2D eigenvalue weighted by molar-refractivity contribution is 7.14. The number of methoxy groups -OCH3 is 2. The normalized spacial score (nSPS) is 16.3. The van der Waals surface area contributed by atoms with Crippen molar-refractivity contribution in [2.45, 2.75) is 19.4 Å². The van der Waals surface area contributed by atoms with E-state index in [2.05, 4.69) is 30.5 Å². The molecular weight excluding hydrogens is 358 g/mol. The molecule has 1 aliphatic rings. The molecule has 0 aliphatic carbocycles. The number of aromatic nitrogens is 1. The zero-order valence-corrected chi connectivity index (χ0v) is 16.4. The van der Waals surface area contributed by atoms with Crippen LogP contribution in [0.15, 0.2) is 59.0 Å². The zero-order chi connectivity index (χ0) is 18.8. The van der Waals surface area contributed by atoms with E-state index in [1.54, 1.807) is 25.6 Å². The number of benzene rings is 2. The van der Waals surface area contributed by atoms with E-state index in [9.17, 15) is 0 Å². The Labute approximate surface area is 162 Å². The number of anilines is 1. The molecule has 1 unspecified atom stereocenters. The molecule has 4 rings (SSSR count). The van der Waals surface area contributed by atoms with Gasteiger partial charge in [-0.3, -0.25) is 0 Å². The maximum atomic E-state index is 5.47. The van der Waals surface area contributed by atoms with E-state index >= 15 is 0 Å². The summed E-state index contributed by atoms with van der Waals surface area (Å²) in [7, 11) is 3.30. The molecule has 1 aliphatic heterocycles. The molecule has 0 fully saturated rings. The number of ether oxygens (including phenoxy) is 2. The van der Waals surface area contributed by atoms with Crippen LogP contribution in [0.5, 0.6) is 11.5 Å². The van der Waals surface area contributed by atoms with Gasteiger partial charge in [-0.15, -0.1) is 11.3 Å². The van der Waals surface area contributed by atoms with E-state index in [0.29, 0.717) is 0 Å². The van der Waals surface area contributed by atoms with E-state index < -0.39 is 0 Å². The molecule has 3 aromatic rings. The lowest BCUT2D eigenvalue weighted by atomic mass is 10.0. The summed E-state index contributed by atoms with van der Waals surface area (Å²) in [5, 5.41) is 9.75. The van der Waals surface area contributed by atoms with Crippen LogP contribution in [0.4, 0.5) is 5.13 Å². The standard InChI is InChI=1S/C21H21N3O2S/c1-14-11-18(16-9-10-19(25-2)20(12-16)26-3)24(23-14)21-22-17(13-27-21)15-7-5-4-6-8-15/h4-10,12-13,18H,11H2,1-3H3. The SMILES string of the molecule is COc1ccc(C2CC(C)=NN2c2nc(-c3ccccc3)cs2)cc1OC. The Morgan fingerprint density at radius 1 is 1.04 bits per heavy atom. The summed E-state index contributed by atoms with van der Waals surface area (Å²) in [5.74, 6) is 1.45. The molecule has 27 heavy (non-hydrogen) atoms. The molecule has 0 bridgehead atoms. The summed E-state index contributed by atoms with van der Waals surface area (Å²) in [5.41, 5.74) is 4.31. The second-order valence-electron chi connectivity index (χ2n) is 6.40. The lowest BCUT2D eigenvalue weighted by Crippen LogP contribution is -2.18. The molecule has 0 saturated carbocycles. The van der Waals surface area contributed by atoms with Crippen LogP contribution in [0.2, 0.25) is 0 Å². The number of hydrogen-bond acceptors (Lipinski definition) is 6. The molecule has 0 saturated heterocycles. The molecule has 0 amide bonds. The van der Waals surface area contributed by atoms with Crippen LogP contribution in [-0.4, -0.2) is 24.9 Å². The zero-order valence-electron chi connectivity index (χ0n) is 15.5. The van der Waals surface area contributed by atoms with Crippen LogP contribution in [0.25, 0.3) is 11.3 Å². The number of hydrazone groups is 1. The van der Waals surface area contributed by atoms with E-state index in [-0.39, 0.29) is 6.04 Å². The van der Waals surface area contributed by atoms with Crippen molar-refractivity contribution >= 4 is 22.2 Å². The fourth-order valence-electron chi connectivity index (χ4n) is 3.27. The molecule has 138 valence electrons. The summed E-state index contributed by atoms with van der Waals surface area (Å²) < 4.78 is 10.8. The topological polar surface area (TPSA) is 47.0 Å². The maximum absolute atomic E-state index is 5.47. The van der Waals surface area contributed by atoms with Gasteiger partial charge < -0.3 is 9.47 Å². The van der Waals surface area contributed by atoms with Gasteiger partial charge in [-0.1, -0.05) is 36.4 Å². The minimum atomic E-state index is 0.0968. The summed E-state index contributed by atoms with van der Waals surface area (Å²) in [6.07, 6.45) is 0.857. The molecular formula is C21H21N3O2S. The highest BCUT2D eigenvalue weighted by Gasteiger charge is 2.30. The fraction of sp³-hybridized carbons (Fsp3) is 0.238. The Balaban J connectivity index is 1.67. The van der Waals surface area contributed by atoms with Gasteiger partial charge in [0.15, 0.2) is 11.5 Å². The second kappa shape index (κ2) is 7.40. The lowest BCUT2D eigenvalue weighted by molar-refractivity contribution is 0.354. The first-order valence-corrected chi connectivity index (χ1v) is 9.63. The third kappa shape index (κ3) is 3.40. The van der Waals surface area contributed by atoms with Gasteiger partial charge in [0.25, 0.3) is 0 Å². The van der Waals surface area contributed by atoms with Crippen LogP contribution >= 0.6 is 11.3 Å².